The van der Waals surface area contributed by atoms with E-state index in [0.29, 0.717) is 22.0 Å². The average molecular weight is 297 g/mol. The Hall–Kier alpha value is -0.0500. The Morgan fingerprint density at radius 1 is 1.41 bits per heavy atom. The molecule has 0 amide bonds. The summed E-state index contributed by atoms with van der Waals surface area (Å²) < 4.78 is 16.9. The summed E-state index contributed by atoms with van der Waals surface area (Å²) in [4.78, 5) is 9.69. The largest absolute Gasteiger partial charge is 0.332 e. The van der Waals surface area contributed by atoms with Gasteiger partial charge in [0.15, 0.2) is 0 Å². The van der Waals surface area contributed by atoms with E-state index >= 15 is 0 Å². The zero-order valence-corrected chi connectivity index (χ0v) is 12.1. The maximum Gasteiger partial charge on any atom is 0.332 e. The van der Waals surface area contributed by atoms with E-state index in [1.807, 2.05) is 6.92 Å². The van der Waals surface area contributed by atoms with Crippen molar-refractivity contribution in [1.29, 1.82) is 0 Å². The lowest BCUT2D eigenvalue weighted by molar-refractivity contribution is 0.185. The van der Waals surface area contributed by atoms with E-state index in [1.54, 1.807) is 25.1 Å². The van der Waals surface area contributed by atoms with Gasteiger partial charge in [0, 0.05) is 0 Å². The molecule has 96 valence electrons. The van der Waals surface area contributed by atoms with E-state index in [-0.39, 0.29) is 12.3 Å². The SMILES string of the molecule is CCC(C)OP(=O)(O)Cc1ccc(Cl)c(Cl)c1. The summed E-state index contributed by atoms with van der Waals surface area (Å²) in [7, 11) is -3.62. The topological polar surface area (TPSA) is 46.5 Å². The van der Waals surface area contributed by atoms with Crippen molar-refractivity contribution in [3.05, 3.63) is 33.8 Å². The predicted octanol–water partition coefficient (Wildman–Crippen LogP) is 4.49. The van der Waals surface area contributed by atoms with Gasteiger partial charge >= 0.3 is 7.60 Å². The number of halogens is 2. The molecule has 2 atom stereocenters. The van der Waals surface area contributed by atoms with Crippen molar-refractivity contribution in [2.75, 3.05) is 0 Å². The maximum absolute atomic E-state index is 11.8. The third-order valence-corrected chi connectivity index (χ3v) is 4.48. The fourth-order valence-electron chi connectivity index (χ4n) is 1.26. The van der Waals surface area contributed by atoms with Crippen LogP contribution in [0.3, 0.4) is 0 Å². The molecule has 1 N–H and O–H groups in total. The Labute approximate surface area is 111 Å². The van der Waals surface area contributed by atoms with E-state index in [9.17, 15) is 9.46 Å². The van der Waals surface area contributed by atoms with Crippen molar-refractivity contribution < 1.29 is 14.0 Å². The lowest BCUT2D eigenvalue weighted by atomic mass is 10.2. The molecule has 0 bridgehead atoms. The molecule has 0 radical (unpaired) electrons. The first-order chi connectivity index (χ1) is 7.84. The molecule has 0 saturated carbocycles. The Morgan fingerprint density at radius 2 is 2.06 bits per heavy atom. The van der Waals surface area contributed by atoms with Crippen molar-refractivity contribution in [1.82, 2.24) is 0 Å². The van der Waals surface area contributed by atoms with E-state index in [4.69, 9.17) is 27.7 Å². The molecular weight excluding hydrogens is 282 g/mol. The summed E-state index contributed by atoms with van der Waals surface area (Å²) in [6.45, 7) is 3.65. The molecule has 1 aromatic carbocycles. The molecule has 2 unspecified atom stereocenters. The average Bonchev–Trinajstić information content (AvgIpc) is 2.22. The van der Waals surface area contributed by atoms with Crippen LogP contribution in [0.5, 0.6) is 0 Å². The van der Waals surface area contributed by atoms with Crippen molar-refractivity contribution in [3.63, 3.8) is 0 Å². The highest BCUT2D eigenvalue weighted by molar-refractivity contribution is 7.52. The van der Waals surface area contributed by atoms with Gasteiger partial charge < -0.3 is 9.42 Å². The van der Waals surface area contributed by atoms with Gasteiger partial charge in [-0.15, -0.1) is 0 Å². The molecule has 17 heavy (non-hydrogen) atoms. The first-order valence-electron chi connectivity index (χ1n) is 5.28. The smallest absolute Gasteiger partial charge is 0.324 e. The lowest BCUT2D eigenvalue weighted by Gasteiger charge is -2.16. The molecule has 0 aliphatic heterocycles. The molecule has 1 aromatic rings. The number of hydrogen-bond acceptors (Lipinski definition) is 2. The van der Waals surface area contributed by atoms with Crippen LogP contribution < -0.4 is 0 Å². The summed E-state index contributed by atoms with van der Waals surface area (Å²) in [6.07, 6.45) is 0.383. The van der Waals surface area contributed by atoms with Crippen LogP contribution >= 0.6 is 30.8 Å². The normalized spacial score (nSPS) is 16.5. The first kappa shape index (κ1) is 15.0. The van der Waals surface area contributed by atoms with Crippen molar-refractivity contribution in [3.8, 4) is 0 Å². The fourth-order valence-corrected chi connectivity index (χ4v) is 3.03. The first-order valence-corrected chi connectivity index (χ1v) is 7.80. The highest BCUT2D eigenvalue weighted by Crippen LogP contribution is 2.47. The minimum Gasteiger partial charge on any atom is -0.324 e. The van der Waals surface area contributed by atoms with Gasteiger partial charge in [-0.2, -0.15) is 0 Å². The number of rotatable bonds is 5. The fraction of sp³-hybridized carbons (Fsp3) is 0.455. The summed E-state index contributed by atoms with van der Waals surface area (Å²) >= 11 is 11.6. The van der Waals surface area contributed by atoms with E-state index in [2.05, 4.69) is 0 Å². The van der Waals surface area contributed by atoms with E-state index < -0.39 is 7.60 Å². The third-order valence-electron chi connectivity index (χ3n) is 2.29. The van der Waals surface area contributed by atoms with Gasteiger partial charge in [-0.1, -0.05) is 36.2 Å². The van der Waals surface area contributed by atoms with Crippen molar-refractivity contribution in [2.45, 2.75) is 32.5 Å². The molecule has 6 heteroatoms. The quantitative estimate of drug-likeness (QED) is 0.814. The molecule has 1 rings (SSSR count). The van der Waals surface area contributed by atoms with E-state index in [0.717, 1.165) is 0 Å². The van der Waals surface area contributed by atoms with Gasteiger partial charge in [-0.25, -0.2) is 0 Å². The Balaban J connectivity index is 2.76. The van der Waals surface area contributed by atoms with Gasteiger partial charge in [-0.3, -0.25) is 4.57 Å². The van der Waals surface area contributed by atoms with Gasteiger partial charge in [-0.05, 0) is 31.0 Å². The highest BCUT2D eigenvalue weighted by Gasteiger charge is 2.22. The summed E-state index contributed by atoms with van der Waals surface area (Å²) in [5, 5.41) is 0.791. The standard InChI is InChI=1S/C11H15Cl2O3P/c1-3-8(2)16-17(14,15)7-9-4-5-10(12)11(13)6-9/h4-6,8H,3,7H2,1-2H3,(H,14,15). The molecule has 0 aromatic heterocycles. The lowest BCUT2D eigenvalue weighted by Crippen LogP contribution is -2.05. The number of benzene rings is 1. The molecule has 0 heterocycles. The van der Waals surface area contributed by atoms with Gasteiger partial charge in [0.25, 0.3) is 0 Å². The molecular formula is C11H15Cl2O3P. The second-order valence-electron chi connectivity index (χ2n) is 3.87. The van der Waals surface area contributed by atoms with Gasteiger partial charge in [0.2, 0.25) is 0 Å². The Kier molecular flexibility index (Phi) is 5.49. The second kappa shape index (κ2) is 6.21. The summed E-state index contributed by atoms with van der Waals surface area (Å²) in [5.41, 5.74) is 0.633. The highest BCUT2D eigenvalue weighted by atomic mass is 35.5. The van der Waals surface area contributed by atoms with Crippen LogP contribution in [-0.2, 0) is 15.3 Å². The predicted molar refractivity (Wildman–Crippen MR) is 70.8 cm³/mol. The van der Waals surface area contributed by atoms with Crippen LogP contribution in [0.2, 0.25) is 10.0 Å². The third kappa shape index (κ3) is 4.99. The van der Waals surface area contributed by atoms with Crippen LogP contribution in [0.25, 0.3) is 0 Å². The minimum atomic E-state index is -3.62. The molecule has 0 saturated heterocycles. The van der Waals surface area contributed by atoms with E-state index in [1.165, 1.54) is 0 Å². The van der Waals surface area contributed by atoms with Gasteiger partial charge in [0.1, 0.15) is 0 Å². The van der Waals surface area contributed by atoms with Gasteiger partial charge in [0.05, 0.1) is 22.3 Å². The minimum absolute atomic E-state index is 0.0613. The van der Waals surface area contributed by atoms with Crippen LogP contribution in [0.4, 0.5) is 0 Å². The molecule has 0 aliphatic carbocycles. The zero-order chi connectivity index (χ0) is 13.1. The van der Waals surface area contributed by atoms with Crippen LogP contribution in [0, 0.1) is 0 Å². The molecule has 3 nitrogen and oxygen atoms in total. The summed E-state index contributed by atoms with van der Waals surface area (Å²) in [6, 6.07) is 4.84. The summed E-state index contributed by atoms with van der Waals surface area (Å²) in [5.74, 6) is 0. The number of hydrogen-bond donors (Lipinski definition) is 1. The Morgan fingerprint density at radius 3 is 2.59 bits per heavy atom. The van der Waals surface area contributed by atoms with Crippen molar-refractivity contribution >= 4 is 30.8 Å². The van der Waals surface area contributed by atoms with Crippen LogP contribution in [0.15, 0.2) is 18.2 Å². The zero-order valence-electron chi connectivity index (χ0n) is 9.69. The maximum atomic E-state index is 11.8. The monoisotopic (exact) mass is 296 g/mol. The molecule has 0 aliphatic rings. The molecule has 0 fully saturated rings. The van der Waals surface area contributed by atoms with Crippen molar-refractivity contribution in [2.24, 2.45) is 0 Å². The molecule has 0 spiro atoms. The van der Waals surface area contributed by atoms with Crippen LogP contribution in [-0.4, -0.2) is 11.0 Å². The van der Waals surface area contributed by atoms with Crippen LogP contribution in [0.1, 0.15) is 25.8 Å². The Bertz CT molecular complexity index is 437. The second-order valence-corrected chi connectivity index (χ2v) is 6.48.